The molecule has 0 atom stereocenters. The van der Waals surface area contributed by atoms with Crippen LogP contribution in [0.2, 0.25) is 0 Å². The molecular formula is C8H13N5O. The van der Waals surface area contributed by atoms with Crippen LogP contribution in [0.4, 0.5) is 4.79 Å². The highest BCUT2D eigenvalue weighted by atomic mass is 16.2. The molecule has 76 valence electrons. The van der Waals surface area contributed by atoms with Gasteiger partial charge in [0, 0.05) is 26.2 Å². The van der Waals surface area contributed by atoms with Crippen molar-refractivity contribution in [2.45, 2.75) is 0 Å². The summed E-state index contributed by atoms with van der Waals surface area (Å²) in [4.78, 5) is 15.7. The zero-order valence-corrected chi connectivity index (χ0v) is 8.13. The van der Waals surface area contributed by atoms with Crippen molar-refractivity contribution < 1.29 is 4.79 Å². The second kappa shape index (κ2) is 3.75. The molecule has 0 spiro atoms. The minimum absolute atomic E-state index is 0.0874. The third-order valence-electron chi connectivity index (χ3n) is 2.39. The number of likely N-dealkylation sites (N-methyl/N-ethyl adjacent to an activating group) is 1. The summed E-state index contributed by atoms with van der Waals surface area (Å²) in [5.41, 5.74) is 0. The molecule has 0 aliphatic carbocycles. The van der Waals surface area contributed by atoms with Gasteiger partial charge in [-0.25, -0.2) is 4.79 Å². The van der Waals surface area contributed by atoms with E-state index in [1.807, 2.05) is 0 Å². The maximum Gasteiger partial charge on any atom is 0.346 e. The molecule has 1 aromatic rings. The molecule has 1 saturated heterocycles. The molecule has 1 aliphatic rings. The van der Waals surface area contributed by atoms with E-state index in [0.717, 1.165) is 26.2 Å². The number of carbonyl (C=O) groups excluding carboxylic acids is 1. The lowest BCUT2D eigenvalue weighted by Crippen LogP contribution is -2.48. The highest BCUT2D eigenvalue weighted by Crippen LogP contribution is 2.01. The molecule has 0 N–H and O–H groups in total. The van der Waals surface area contributed by atoms with Crippen LogP contribution in [0.1, 0.15) is 0 Å². The van der Waals surface area contributed by atoms with Crippen LogP contribution >= 0.6 is 0 Å². The summed E-state index contributed by atoms with van der Waals surface area (Å²) in [6.45, 7) is 3.35. The van der Waals surface area contributed by atoms with Crippen molar-refractivity contribution >= 4 is 6.03 Å². The van der Waals surface area contributed by atoms with Crippen molar-refractivity contribution in [1.82, 2.24) is 24.8 Å². The van der Waals surface area contributed by atoms with E-state index in [9.17, 15) is 4.79 Å². The average Bonchev–Trinajstić information content (AvgIpc) is 2.71. The Morgan fingerprint density at radius 3 is 2.57 bits per heavy atom. The summed E-state index contributed by atoms with van der Waals surface area (Å²) in [6.07, 6.45) is 3.08. The van der Waals surface area contributed by atoms with E-state index in [1.165, 1.54) is 10.9 Å². The summed E-state index contributed by atoms with van der Waals surface area (Å²) >= 11 is 0. The van der Waals surface area contributed by atoms with Crippen molar-refractivity contribution in [3.63, 3.8) is 0 Å². The first-order valence-electron chi connectivity index (χ1n) is 4.61. The van der Waals surface area contributed by atoms with Gasteiger partial charge in [-0.3, -0.25) is 0 Å². The van der Waals surface area contributed by atoms with E-state index in [1.54, 1.807) is 11.1 Å². The predicted molar refractivity (Wildman–Crippen MR) is 49.9 cm³/mol. The molecule has 0 aromatic carbocycles. The van der Waals surface area contributed by atoms with Crippen LogP contribution in [0.3, 0.4) is 0 Å². The second-order valence-electron chi connectivity index (χ2n) is 3.42. The van der Waals surface area contributed by atoms with Gasteiger partial charge >= 0.3 is 6.03 Å². The molecule has 14 heavy (non-hydrogen) atoms. The van der Waals surface area contributed by atoms with Gasteiger partial charge in [0.1, 0.15) is 0 Å². The number of rotatable bonds is 0. The lowest BCUT2D eigenvalue weighted by atomic mass is 10.3. The van der Waals surface area contributed by atoms with Gasteiger partial charge in [-0.15, -0.1) is 5.10 Å². The molecule has 0 bridgehead atoms. The minimum atomic E-state index is -0.0874. The fourth-order valence-corrected chi connectivity index (χ4v) is 1.45. The van der Waals surface area contributed by atoms with E-state index in [0.29, 0.717) is 0 Å². The van der Waals surface area contributed by atoms with Crippen LogP contribution < -0.4 is 0 Å². The van der Waals surface area contributed by atoms with Gasteiger partial charge in [0.2, 0.25) is 0 Å². The quantitative estimate of drug-likeness (QED) is 0.559. The molecule has 2 heterocycles. The molecular weight excluding hydrogens is 182 g/mol. The van der Waals surface area contributed by atoms with Crippen molar-refractivity contribution in [2.24, 2.45) is 0 Å². The lowest BCUT2D eigenvalue weighted by Gasteiger charge is -2.31. The first kappa shape index (κ1) is 9.14. The fraction of sp³-hybridized carbons (Fsp3) is 0.625. The smallest absolute Gasteiger partial charge is 0.320 e. The highest BCUT2D eigenvalue weighted by Gasteiger charge is 2.20. The Hall–Kier alpha value is -1.43. The number of piperazine rings is 1. The molecule has 0 unspecified atom stereocenters. The molecule has 1 amide bonds. The molecule has 0 radical (unpaired) electrons. The molecule has 0 saturated carbocycles. The van der Waals surface area contributed by atoms with Gasteiger partial charge in [0.25, 0.3) is 0 Å². The van der Waals surface area contributed by atoms with E-state index < -0.39 is 0 Å². The van der Waals surface area contributed by atoms with Crippen molar-refractivity contribution in [3.8, 4) is 0 Å². The first-order valence-corrected chi connectivity index (χ1v) is 4.61. The normalized spacial score (nSPS) is 18.5. The second-order valence-corrected chi connectivity index (χ2v) is 3.42. The monoisotopic (exact) mass is 195 g/mol. The van der Waals surface area contributed by atoms with Gasteiger partial charge < -0.3 is 9.80 Å². The SMILES string of the molecule is CN1CCN(C(=O)n2ccnn2)CC1. The minimum Gasteiger partial charge on any atom is -0.320 e. The van der Waals surface area contributed by atoms with Crippen LogP contribution in [0.15, 0.2) is 12.4 Å². The number of amides is 1. The lowest BCUT2D eigenvalue weighted by molar-refractivity contribution is 0.153. The summed E-state index contributed by atoms with van der Waals surface area (Å²) in [6, 6.07) is -0.0874. The zero-order valence-electron chi connectivity index (χ0n) is 8.13. The zero-order chi connectivity index (χ0) is 9.97. The molecule has 1 aliphatic heterocycles. The average molecular weight is 195 g/mol. The third-order valence-corrected chi connectivity index (χ3v) is 2.39. The maximum atomic E-state index is 11.7. The van der Waals surface area contributed by atoms with Crippen LogP contribution in [0, 0.1) is 0 Å². The van der Waals surface area contributed by atoms with Crippen LogP contribution in [0.5, 0.6) is 0 Å². The van der Waals surface area contributed by atoms with E-state index >= 15 is 0 Å². The Labute approximate surface area is 82.1 Å². The largest absolute Gasteiger partial charge is 0.346 e. The van der Waals surface area contributed by atoms with Crippen LogP contribution in [0.25, 0.3) is 0 Å². The Bertz CT molecular complexity index is 302. The topological polar surface area (TPSA) is 54.3 Å². The maximum absolute atomic E-state index is 11.7. The standard InChI is InChI=1S/C8H13N5O/c1-11-4-6-12(7-5-11)8(14)13-3-2-9-10-13/h2-3H,4-7H2,1H3. The Kier molecular flexibility index (Phi) is 2.45. The number of hydrogen-bond donors (Lipinski definition) is 0. The van der Waals surface area contributed by atoms with Gasteiger partial charge in [0.05, 0.1) is 12.4 Å². The van der Waals surface area contributed by atoms with Gasteiger partial charge in [-0.2, -0.15) is 4.68 Å². The van der Waals surface area contributed by atoms with Gasteiger partial charge in [-0.1, -0.05) is 5.21 Å². The molecule has 1 aromatic heterocycles. The Morgan fingerprint density at radius 2 is 2.00 bits per heavy atom. The third kappa shape index (κ3) is 1.74. The van der Waals surface area contributed by atoms with E-state index in [-0.39, 0.29) is 6.03 Å². The van der Waals surface area contributed by atoms with Crippen molar-refractivity contribution in [3.05, 3.63) is 12.4 Å². The molecule has 6 heteroatoms. The molecule has 1 fully saturated rings. The molecule has 6 nitrogen and oxygen atoms in total. The van der Waals surface area contributed by atoms with Crippen LogP contribution in [-0.4, -0.2) is 64.1 Å². The van der Waals surface area contributed by atoms with Crippen molar-refractivity contribution in [2.75, 3.05) is 33.2 Å². The van der Waals surface area contributed by atoms with E-state index in [4.69, 9.17) is 0 Å². The number of nitrogens with zero attached hydrogens (tertiary/aromatic N) is 5. The Morgan fingerprint density at radius 1 is 1.29 bits per heavy atom. The first-order chi connectivity index (χ1) is 6.77. The number of carbonyl (C=O) groups is 1. The van der Waals surface area contributed by atoms with Gasteiger partial charge in [-0.05, 0) is 7.05 Å². The van der Waals surface area contributed by atoms with Crippen molar-refractivity contribution in [1.29, 1.82) is 0 Å². The van der Waals surface area contributed by atoms with E-state index in [2.05, 4.69) is 22.3 Å². The summed E-state index contributed by atoms with van der Waals surface area (Å²) in [5.74, 6) is 0. The predicted octanol–water partition coefficient (Wildman–Crippen LogP) is -0.506. The summed E-state index contributed by atoms with van der Waals surface area (Å²) < 4.78 is 1.27. The van der Waals surface area contributed by atoms with Gasteiger partial charge in [0.15, 0.2) is 0 Å². The Balaban J connectivity index is 1.99. The molecule has 2 rings (SSSR count). The highest BCUT2D eigenvalue weighted by molar-refractivity contribution is 5.75. The summed E-state index contributed by atoms with van der Waals surface area (Å²) in [7, 11) is 2.05. The number of hydrogen-bond acceptors (Lipinski definition) is 4. The number of aromatic nitrogens is 3. The van der Waals surface area contributed by atoms with Crippen LogP contribution in [-0.2, 0) is 0 Å². The summed E-state index contributed by atoms with van der Waals surface area (Å²) in [5, 5.41) is 7.28. The fourth-order valence-electron chi connectivity index (χ4n) is 1.45.